The largest absolute Gasteiger partial charge is 0.437 e. The predicted molar refractivity (Wildman–Crippen MR) is 81.9 cm³/mol. The van der Waals surface area contributed by atoms with E-state index in [1.165, 1.54) is 0 Å². The van der Waals surface area contributed by atoms with Crippen LogP contribution >= 0.6 is 22.9 Å². The van der Waals surface area contributed by atoms with E-state index < -0.39 is 0 Å². The van der Waals surface area contributed by atoms with Crippen LogP contribution in [0.25, 0.3) is 4.96 Å². The van der Waals surface area contributed by atoms with Crippen molar-refractivity contribution in [1.82, 2.24) is 9.38 Å². The van der Waals surface area contributed by atoms with E-state index in [0.717, 1.165) is 33.4 Å². The molecule has 2 heterocycles. The molecule has 0 fully saturated rings. The maximum absolute atomic E-state index is 6.11. The molecule has 0 saturated carbocycles. The van der Waals surface area contributed by atoms with E-state index in [2.05, 4.69) is 11.9 Å². The van der Waals surface area contributed by atoms with Gasteiger partial charge in [0.1, 0.15) is 11.4 Å². The molecule has 0 radical (unpaired) electrons. The van der Waals surface area contributed by atoms with Crippen molar-refractivity contribution in [2.24, 2.45) is 5.73 Å². The SMILES string of the molecule is CCc1cc(Oc2nc3sccn3c2CN)ccc1Cl. The van der Waals surface area contributed by atoms with Crippen molar-refractivity contribution in [2.45, 2.75) is 19.9 Å². The second-order valence-electron chi connectivity index (χ2n) is 4.33. The second kappa shape index (κ2) is 5.44. The normalized spacial score (nSPS) is 11.2. The van der Waals surface area contributed by atoms with Gasteiger partial charge in [0.2, 0.25) is 5.88 Å². The standard InChI is InChI=1S/C14H14ClN3OS/c1-2-9-7-10(3-4-11(9)15)19-13-12(8-16)18-5-6-20-14(18)17-13/h3-7H,2,8,16H2,1H3. The molecule has 2 N–H and O–H groups in total. The summed E-state index contributed by atoms with van der Waals surface area (Å²) in [7, 11) is 0. The second-order valence-corrected chi connectivity index (χ2v) is 5.61. The number of thiazole rings is 1. The summed E-state index contributed by atoms with van der Waals surface area (Å²) < 4.78 is 7.83. The predicted octanol–water partition coefficient (Wildman–Crippen LogP) is 3.86. The number of hydrogen-bond donors (Lipinski definition) is 1. The Labute approximate surface area is 125 Å². The fourth-order valence-electron chi connectivity index (χ4n) is 2.08. The van der Waals surface area contributed by atoms with E-state index >= 15 is 0 Å². The molecule has 1 aromatic carbocycles. The van der Waals surface area contributed by atoms with Gasteiger partial charge >= 0.3 is 0 Å². The molecule has 6 heteroatoms. The summed E-state index contributed by atoms with van der Waals surface area (Å²) in [5.41, 5.74) is 7.72. The summed E-state index contributed by atoms with van der Waals surface area (Å²) in [6.07, 6.45) is 2.81. The number of imidazole rings is 1. The minimum atomic E-state index is 0.376. The summed E-state index contributed by atoms with van der Waals surface area (Å²) >= 11 is 7.66. The Morgan fingerprint density at radius 1 is 1.45 bits per heavy atom. The molecule has 4 nitrogen and oxygen atoms in total. The Kier molecular flexibility index (Phi) is 3.65. The van der Waals surface area contributed by atoms with Gasteiger partial charge in [0.15, 0.2) is 4.96 Å². The van der Waals surface area contributed by atoms with Gasteiger partial charge in [-0.3, -0.25) is 4.40 Å². The average Bonchev–Trinajstić information content (AvgIpc) is 3.01. The zero-order valence-electron chi connectivity index (χ0n) is 11.0. The van der Waals surface area contributed by atoms with Crippen LogP contribution in [0.1, 0.15) is 18.2 Å². The monoisotopic (exact) mass is 307 g/mol. The molecule has 0 spiro atoms. The Bertz CT molecular complexity index is 750. The number of fused-ring (bicyclic) bond motifs is 1. The highest BCUT2D eigenvalue weighted by Gasteiger charge is 2.14. The third kappa shape index (κ3) is 2.28. The highest BCUT2D eigenvalue weighted by atomic mass is 35.5. The van der Waals surface area contributed by atoms with Crippen LogP contribution in [0.4, 0.5) is 0 Å². The van der Waals surface area contributed by atoms with Crippen LogP contribution in [-0.4, -0.2) is 9.38 Å². The van der Waals surface area contributed by atoms with E-state index in [0.29, 0.717) is 12.4 Å². The van der Waals surface area contributed by atoms with Crippen molar-refractivity contribution >= 4 is 27.9 Å². The lowest BCUT2D eigenvalue weighted by molar-refractivity contribution is 0.459. The van der Waals surface area contributed by atoms with Gasteiger partial charge in [-0.1, -0.05) is 18.5 Å². The first kappa shape index (κ1) is 13.4. The first-order valence-electron chi connectivity index (χ1n) is 6.33. The van der Waals surface area contributed by atoms with Gasteiger partial charge < -0.3 is 10.5 Å². The topological polar surface area (TPSA) is 52.5 Å². The van der Waals surface area contributed by atoms with Crippen molar-refractivity contribution in [2.75, 3.05) is 0 Å². The molecule has 0 atom stereocenters. The van der Waals surface area contributed by atoms with Crippen LogP contribution in [0, 0.1) is 0 Å². The number of nitrogens with zero attached hydrogens (tertiary/aromatic N) is 2. The minimum Gasteiger partial charge on any atom is -0.437 e. The van der Waals surface area contributed by atoms with Crippen LogP contribution in [-0.2, 0) is 13.0 Å². The van der Waals surface area contributed by atoms with Gasteiger partial charge in [0, 0.05) is 23.1 Å². The third-order valence-electron chi connectivity index (χ3n) is 3.13. The lowest BCUT2D eigenvalue weighted by atomic mass is 10.1. The van der Waals surface area contributed by atoms with Crippen molar-refractivity contribution in [3.8, 4) is 11.6 Å². The van der Waals surface area contributed by atoms with Gasteiger partial charge in [-0.2, -0.15) is 4.98 Å². The van der Waals surface area contributed by atoms with E-state index in [-0.39, 0.29) is 0 Å². The molecule has 0 saturated heterocycles. The van der Waals surface area contributed by atoms with Crippen molar-refractivity contribution in [3.05, 3.63) is 46.1 Å². The molecular formula is C14H14ClN3OS. The number of aromatic nitrogens is 2. The van der Waals surface area contributed by atoms with Crippen LogP contribution in [0.5, 0.6) is 11.6 Å². The van der Waals surface area contributed by atoms with Crippen molar-refractivity contribution in [1.29, 1.82) is 0 Å². The zero-order valence-corrected chi connectivity index (χ0v) is 12.5. The summed E-state index contributed by atoms with van der Waals surface area (Å²) in [6, 6.07) is 5.63. The molecular weight excluding hydrogens is 294 g/mol. The van der Waals surface area contributed by atoms with Gasteiger partial charge in [-0.05, 0) is 30.2 Å². The fraction of sp³-hybridized carbons (Fsp3) is 0.214. The van der Waals surface area contributed by atoms with E-state index in [4.69, 9.17) is 22.1 Å². The molecule has 0 bridgehead atoms. The smallest absolute Gasteiger partial charge is 0.243 e. The Balaban J connectivity index is 1.98. The first-order chi connectivity index (χ1) is 9.72. The number of benzene rings is 1. The molecule has 0 aliphatic rings. The van der Waals surface area contributed by atoms with Gasteiger partial charge in [0.25, 0.3) is 0 Å². The van der Waals surface area contributed by atoms with E-state index in [9.17, 15) is 0 Å². The molecule has 104 valence electrons. The molecule has 3 aromatic rings. The molecule has 0 aliphatic carbocycles. The Morgan fingerprint density at radius 2 is 2.30 bits per heavy atom. The number of rotatable bonds is 4. The molecule has 20 heavy (non-hydrogen) atoms. The van der Waals surface area contributed by atoms with Crippen LogP contribution < -0.4 is 10.5 Å². The number of hydrogen-bond acceptors (Lipinski definition) is 4. The average molecular weight is 308 g/mol. The highest BCUT2D eigenvalue weighted by Crippen LogP contribution is 2.30. The lowest BCUT2D eigenvalue weighted by Crippen LogP contribution is -2.01. The van der Waals surface area contributed by atoms with E-state index in [1.54, 1.807) is 11.3 Å². The fourth-order valence-corrected chi connectivity index (χ4v) is 3.05. The third-order valence-corrected chi connectivity index (χ3v) is 4.26. The molecule has 0 aliphatic heterocycles. The summed E-state index contributed by atoms with van der Waals surface area (Å²) in [4.78, 5) is 5.34. The minimum absolute atomic E-state index is 0.376. The maximum atomic E-state index is 6.11. The van der Waals surface area contributed by atoms with Crippen molar-refractivity contribution < 1.29 is 4.74 Å². The molecule has 3 rings (SSSR count). The summed E-state index contributed by atoms with van der Waals surface area (Å²) in [5, 5.41) is 2.73. The van der Waals surface area contributed by atoms with Gasteiger partial charge in [-0.15, -0.1) is 11.3 Å². The molecule has 0 amide bonds. The van der Waals surface area contributed by atoms with Crippen LogP contribution in [0.2, 0.25) is 5.02 Å². The quantitative estimate of drug-likeness (QED) is 0.796. The van der Waals surface area contributed by atoms with Crippen LogP contribution in [0.15, 0.2) is 29.8 Å². The summed E-state index contributed by atoms with van der Waals surface area (Å²) in [6.45, 7) is 2.43. The Morgan fingerprint density at radius 3 is 3.05 bits per heavy atom. The first-order valence-corrected chi connectivity index (χ1v) is 7.59. The lowest BCUT2D eigenvalue weighted by Gasteiger charge is -2.07. The Hall–Kier alpha value is -1.56. The van der Waals surface area contributed by atoms with Crippen LogP contribution in [0.3, 0.4) is 0 Å². The van der Waals surface area contributed by atoms with Gasteiger partial charge in [0.05, 0.1) is 0 Å². The number of ether oxygens (including phenoxy) is 1. The van der Waals surface area contributed by atoms with Crippen molar-refractivity contribution in [3.63, 3.8) is 0 Å². The zero-order chi connectivity index (χ0) is 14.1. The summed E-state index contributed by atoms with van der Waals surface area (Å²) in [5.74, 6) is 1.29. The highest BCUT2D eigenvalue weighted by molar-refractivity contribution is 7.15. The number of halogens is 1. The van der Waals surface area contributed by atoms with E-state index in [1.807, 2.05) is 34.2 Å². The molecule has 2 aromatic heterocycles. The number of aryl methyl sites for hydroxylation is 1. The van der Waals surface area contributed by atoms with Gasteiger partial charge in [-0.25, -0.2) is 0 Å². The maximum Gasteiger partial charge on any atom is 0.243 e. The number of nitrogens with two attached hydrogens (primary N) is 1. The molecule has 0 unspecified atom stereocenters.